The standard InChI is InChI=1S/C21H22Cl2N4O2S/c1-10-7-11(2)17-18(24)19(30-21(17)27(4)12(10)3)20-25-16(26-29-20)9-28-13-5-6-14(22)15(23)8-13/h5-6,8,21H,7,9,24H2,1-4H3. The van der Waals surface area contributed by atoms with E-state index >= 15 is 0 Å². The SMILES string of the molecule is CC1=C2C(N)=C(c3nc(COc4ccc(Cl)c(Cl)c4)no3)SC2N(C)C(C)=C(C)C1. The predicted octanol–water partition coefficient (Wildman–Crippen LogP) is 5.60. The topological polar surface area (TPSA) is 77.4 Å². The van der Waals surface area contributed by atoms with Crippen molar-refractivity contribution in [3.05, 3.63) is 68.1 Å². The highest BCUT2D eigenvalue weighted by molar-refractivity contribution is 8.09. The van der Waals surface area contributed by atoms with Crippen LogP contribution in [-0.4, -0.2) is 27.5 Å². The molecule has 2 aliphatic rings. The molecule has 6 nitrogen and oxygen atoms in total. The summed E-state index contributed by atoms with van der Waals surface area (Å²) in [7, 11) is 2.09. The van der Waals surface area contributed by atoms with E-state index in [1.165, 1.54) is 16.8 Å². The molecule has 1 unspecified atom stereocenters. The first-order valence-electron chi connectivity index (χ1n) is 9.42. The van der Waals surface area contributed by atoms with Gasteiger partial charge in [-0.2, -0.15) is 4.98 Å². The number of hydrogen-bond donors (Lipinski definition) is 1. The summed E-state index contributed by atoms with van der Waals surface area (Å²) in [6, 6.07) is 5.06. The van der Waals surface area contributed by atoms with Crippen LogP contribution in [-0.2, 0) is 6.61 Å². The van der Waals surface area contributed by atoms with Crippen molar-refractivity contribution in [3.63, 3.8) is 0 Å². The molecule has 3 heterocycles. The first-order valence-corrected chi connectivity index (χ1v) is 11.1. The second kappa shape index (κ2) is 8.21. The maximum absolute atomic E-state index is 6.55. The van der Waals surface area contributed by atoms with Gasteiger partial charge in [0.1, 0.15) is 11.1 Å². The lowest BCUT2D eigenvalue weighted by molar-refractivity contribution is 0.286. The van der Waals surface area contributed by atoms with Gasteiger partial charge in [-0.1, -0.05) is 51.3 Å². The van der Waals surface area contributed by atoms with E-state index in [4.69, 9.17) is 38.2 Å². The van der Waals surface area contributed by atoms with Gasteiger partial charge < -0.3 is 19.9 Å². The van der Waals surface area contributed by atoms with Crippen molar-refractivity contribution < 1.29 is 9.26 Å². The molecule has 0 saturated carbocycles. The van der Waals surface area contributed by atoms with Crippen LogP contribution in [0.1, 0.15) is 38.9 Å². The number of aromatic nitrogens is 2. The molecule has 1 atom stereocenters. The molecule has 0 amide bonds. The Kier molecular flexibility index (Phi) is 5.79. The van der Waals surface area contributed by atoms with Crippen molar-refractivity contribution in [2.45, 2.75) is 39.2 Å². The van der Waals surface area contributed by atoms with Gasteiger partial charge in [-0.25, -0.2) is 0 Å². The van der Waals surface area contributed by atoms with Gasteiger partial charge in [0, 0.05) is 24.4 Å². The Morgan fingerprint density at radius 1 is 1.23 bits per heavy atom. The molecular formula is C21H22Cl2N4O2S. The molecule has 0 spiro atoms. The third-order valence-corrected chi connectivity index (χ3v) is 7.57. The molecule has 2 N–H and O–H groups in total. The Morgan fingerprint density at radius 2 is 2.00 bits per heavy atom. The van der Waals surface area contributed by atoms with Gasteiger partial charge in [0.05, 0.1) is 20.6 Å². The van der Waals surface area contributed by atoms with E-state index in [9.17, 15) is 0 Å². The second-order valence-electron chi connectivity index (χ2n) is 7.44. The minimum Gasteiger partial charge on any atom is -0.485 e. The van der Waals surface area contributed by atoms with Crippen molar-refractivity contribution in [1.29, 1.82) is 0 Å². The van der Waals surface area contributed by atoms with Gasteiger partial charge in [-0.15, -0.1) is 0 Å². The predicted molar refractivity (Wildman–Crippen MR) is 121 cm³/mol. The van der Waals surface area contributed by atoms with Crippen molar-refractivity contribution in [2.24, 2.45) is 5.73 Å². The lowest BCUT2D eigenvalue weighted by atomic mass is 10.0. The second-order valence-corrected chi connectivity index (χ2v) is 9.35. The van der Waals surface area contributed by atoms with Crippen LogP contribution in [0.15, 0.2) is 50.8 Å². The zero-order valence-electron chi connectivity index (χ0n) is 17.1. The van der Waals surface area contributed by atoms with Gasteiger partial charge in [-0.3, -0.25) is 0 Å². The third kappa shape index (κ3) is 3.82. The average molecular weight is 465 g/mol. The fourth-order valence-electron chi connectivity index (χ4n) is 3.59. The van der Waals surface area contributed by atoms with Gasteiger partial charge in [0.2, 0.25) is 5.82 Å². The van der Waals surface area contributed by atoms with Crippen LogP contribution in [0.25, 0.3) is 4.91 Å². The van der Waals surface area contributed by atoms with Crippen molar-refractivity contribution in [3.8, 4) is 5.75 Å². The van der Waals surface area contributed by atoms with E-state index in [0.29, 0.717) is 33.2 Å². The molecular weight excluding hydrogens is 443 g/mol. The van der Waals surface area contributed by atoms with Gasteiger partial charge >= 0.3 is 0 Å². The number of thioether (sulfide) groups is 1. The van der Waals surface area contributed by atoms with Crippen LogP contribution in [0.2, 0.25) is 10.0 Å². The zero-order valence-corrected chi connectivity index (χ0v) is 19.5. The van der Waals surface area contributed by atoms with E-state index in [0.717, 1.165) is 16.9 Å². The van der Waals surface area contributed by atoms with E-state index in [1.54, 1.807) is 30.0 Å². The number of hydrogen-bond acceptors (Lipinski definition) is 7. The van der Waals surface area contributed by atoms with E-state index in [-0.39, 0.29) is 12.0 Å². The number of ether oxygens (including phenoxy) is 1. The van der Waals surface area contributed by atoms with Crippen LogP contribution >= 0.6 is 35.0 Å². The van der Waals surface area contributed by atoms with Crippen LogP contribution in [0, 0.1) is 0 Å². The minimum atomic E-state index is 0.0975. The van der Waals surface area contributed by atoms with Gasteiger partial charge in [-0.05, 0) is 39.3 Å². The van der Waals surface area contributed by atoms with Crippen LogP contribution in [0.3, 0.4) is 0 Å². The summed E-state index contributed by atoms with van der Waals surface area (Å²) in [6.45, 7) is 6.59. The normalized spacial score (nSPS) is 19.5. The summed E-state index contributed by atoms with van der Waals surface area (Å²) in [5, 5.41) is 5.03. The maximum Gasteiger partial charge on any atom is 0.266 e. The number of nitrogens with two attached hydrogens (primary N) is 1. The molecule has 0 bridgehead atoms. The van der Waals surface area contributed by atoms with Crippen LogP contribution < -0.4 is 10.5 Å². The van der Waals surface area contributed by atoms with Crippen molar-refractivity contribution in [2.75, 3.05) is 7.05 Å². The number of likely N-dealkylation sites (N-methyl/N-ethyl adjacent to an activating group) is 1. The van der Waals surface area contributed by atoms with Crippen LogP contribution in [0.4, 0.5) is 0 Å². The molecule has 1 aromatic carbocycles. The maximum atomic E-state index is 6.55. The fourth-order valence-corrected chi connectivity index (χ4v) is 5.28. The first-order chi connectivity index (χ1) is 14.3. The molecule has 0 fully saturated rings. The van der Waals surface area contributed by atoms with E-state index in [1.807, 2.05) is 0 Å². The quantitative estimate of drug-likeness (QED) is 0.630. The van der Waals surface area contributed by atoms with Gasteiger partial charge in [0.25, 0.3) is 5.89 Å². The number of benzene rings is 1. The smallest absolute Gasteiger partial charge is 0.266 e. The zero-order chi connectivity index (χ0) is 21.6. The summed E-state index contributed by atoms with van der Waals surface area (Å²) in [4.78, 5) is 7.56. The largest absolute Gasteiger partial charge is 0.485 e. The molecule has 4 rings (SSSR count). The highest BCUT2D eigenvalue weighted by Gasteiger charge is 2.38. The Balaban J connectivity index is 1.55. The molecule has 0 saturated heterocycles. The number of fused-ring (bicyclic) bond motifs is 1. The van der Waals surface area contributed by atoms with Crippen molar-refractivity contribution in [1.82, 2.24) is 15.0 Å². The number of nitrogens with zero attached hydrogens (tertiary/aromatic N) is 3. The summed E-state index contributed by atoms with van der Waals surface area (Å²) in [5.41, 5.74) is 12.3. The van der Waals surface area contributed by atoms with Crippen LogP contribution in [0.5, 0.6) is 5.75 Å². The molecule has 1 aromatic heterocycles. The monoisotopic (exact) mass is 464 g/mol. The summed E-state index contributed by atoms with van der Waals surface area (Å²) in [6.07, 6.45) is 0.906. The molecule has 9 heteroatoms. The average Bonchev–Trinajstić information content (AvgIpc) is 3.29. The molecule has 158 valence electrons. The Bertz CT molecular complexity index is 1110. The summed E-state index contributed by atoms with van der Waals surface area (Å²) in [5.74, 6) is 1.41. The number of rotatable bonds is 4. The molecule has 0 aliphatic carbocycles. The van der Waals surface area contributed by atoms with E-state index < -0.39 is 0 Å². The third-order valence-electron chi connectivity index (χ3n) is 5.42. The molecule has 2 aliphatic heterocycles. The Morgan fingerprint density at radius 3 is 2.73 bits per heavy atom. The first kappa shape index (κ1) is 21.2. The van der Waals surface area contributed by atoms with Crippen molar-refractivity contribution >= 4 is 39.9 Å². The Labute approximate surface area is 189 Å². The molecule has 0 radical (unpaired) electrons. The van der Waals surface area contributed by atoms with Gasteiger partial charge in [0.15, 0.2) is 6.61 Å². The lowest BCUT2D eigenvalue weighted by Gasteiger charge is -2.27. The Hall–Kier alpha value is -2.09. The number of halogens is 2. The highest BCUT2D eigenvalue weighted by Crippen LogP contribution is 2.49. The fraction of sp³-hybridized carbons (Fsp3) is 0.333. The highest BCUT2D eigenvalue weighted by atomic mass is 35.5. The molecule has 2 aromatic rings. The molecule has 30 heavy (non-hydrogen) atoms. The summed E-state index contributed by atoms with van der Waals surface area (Å²) < 4.78 is 11.2. The lowest BCUT2D eigenvalue weighted by Crippen LogP contribution is -2.28. The summed E-state index contributed by atoms with van der Waals surface area (Å²) >= 11 is 13.6. The minimum absolute atomic E-state index is 0.0975. The van der Waals surface area contributed by atoms with E-state index in [2.05, 4.69) is 42.9 Å². The number of allylic oxidation sites excluding steroid dienone is 3.